The molecule has 0 spiro atoms. The zero-order valence-electron chi connectivity index (χ0n) is 14.6. The van der Waals surface area contributed by atoms with Crippen LogP contribution in [0.1, 0.15) is 13.3 Å². The number of halogens is 2. The van der Waals surface area contributed by atoms with E-state index in [2.05, 4.69) is 4.98 Å². The molecule has 0 bridgehead atoms. The minimum absolute atomic E-state index is 0.173. The van der Waals surface area contributed by atoms with Crippen LogP contribution in [0.5, 0.6) is 5.75 Å². The van der Waals surface area contributed by atoms with E-state index in [-0.39, 0.29) is 12.3 Å². The van der Waals surface area contributed by atoms with Crippen LogP contribution in [0.2, 0.25) is 10.0 Å². The van der Waals surface area contributed by atoms with Gasteiger partial charge in [0.1, 0.15) is 5.75 Å². The molecular weight excluding hydrogens is 391 g/mol. The minimum Gasteiger partial charge on any atom is -0.477 e. The third-order valence-electron chi connectivity index (χ3n) is 3.98. The lowest BCUT2D eigenvalue weighted by atomic mass is 10.3. The number of para-hydroxylation sites is 2. The number of hydrogen-bond acceptors (Lipinski definition) is 4. The zero-order chi connectivity index (χ0) is 19.4. The maximum absolute atomic E-state index is 12.1. The Morgan fingerprint density at radius 2 is 2.00 bits per heavy atom. The van der Waals surface area contributed by atoms with Crippen molar-refractivity contribution in [3.05, 3.63) is 63.0 Å². The van der Waals surface area contributed by atoms with E-state index in [1.54, 1.807) is 23.6 Å². The van der Waals surface area contributed by atoms with E-state index in [4.69, 9.17) is 32.7 Å². The molecule has 0 aliphatic carbocycles. The van der Waals surface area contributed by atoms with Crippen molar-refractivity contribution in [2.45, 2.75) is 26.0 Å². The fourth-order valence-corrected chi connectivity index (χ4v) is 3.10. The first-order valence-corrected chi connectivity index (χ1v) is 9.17. The molecule has 1 unspecified atom stereocenters. The summed E-state index contributed by atoms with van der Waals surface area (Å²) in [6.45, 7) is 2.19. The quantitative estimate of drug-likeness (QED) is 0.472. The van der Waals surface area contributed by atoms with E-state index in [0.717, 1.165) is 11.0 Å². The number of carbonyl (C=O) groups excluding carboxylic acids is 1. The Balaban J connectivity index is 1.50. The molecule has 142 valence electrons. The molecule has 27 heavy (non-hydrogen) atoms. The minimum atomic E-state index is -0.820. The number of rotatable bonds is 7. The Morgan fingerprint density at radius 1 is 1.22 bits per heavy atom. The molecule has 0 aliphatic rings. The van der Waals surface area contributed by atoms with Crippen LogP contribution >= 0.6 is 23.2 Å². The van der Waals surface area contributed by atoms with Gasteiger partial charge in [-0.15, -0.1) is 0 Å². The van der Waals surface area contributed by atoms with Crippen LogP contribution in [0.4, 0.5) is 0 Å². The molecule has 8 heteroatoms. The highest BCUT2D eigenvalue weighted by atomic mass is 35.5. The predicted octanol–water partition coefficient (Wildman–Crippen LogP) is 4.04. The maximum atomic E-state index is 12.1. The van der Waals surface area contributed by atoms with Crippen molar-refractivity contribution in [1.29, 1.82) is 0 Å². The molecule has 0 saturated heterocycles. The Morgan fingerprint density at radius 3 is 2.78 bits per heavy atom. The second-order valence-corrected chi connectivity index (χ2v) is 6.80. The third-order valence-corrected chi connectivity index (χ3v) is 4.51. The standard InChI is InChI=1S/C19H18Cl2N2O4/c1-12(27-17-8-7-13(20)11-14(17)21)18(24)26-10-4-9-23-16-6-3-2-5-15(16)22-19(23)25/h2-3,5-8,11-12H,4,9-10H2,1H3,(H,22,25). The average molecular weight is 409 g/mol. The molecule has 0 aliphatic heterocycles. The SMILES string of the molecule is CC(Oc1ccc(Cl)cc1Cl)C(=O)OCCCn1c(=O)[nH]c2ccccc21. The molecule has 3 aromatic rings. The first-order chi connectivity index (χ1) is 13.0. The number of nitrogens with one attached hydrogen (secondary N) is 1. The maximum Gasteiger partial charge on any atom is 0.347 e. The molecule has 0 saturated carbocycles. The number of carbonyl (C=O) groups is 1. The number of aromatic nitrogens is 2. The van der Waals surface area contributed by atoms with Gasteiger partial charge in [0.2, 0.25) is 0 Å². The summed E-state index contributed by atoms with van der Waals surface area (Å²) in [6.07, 6.45) is -0.318. The summed E-state index contributed by atoms with van der Waals surface area (Å²) in [5.41, 5.74) is 1.42. The van der Waals surface area contributed by atoms with Gasteiger partial charge >= 0.3 is 11.7 Å². The van der Waals surface area contributed by atoms with Gasteiger partial charge in [-0.05, 0) is 43.7 Å². The highest BCUT2D eigenvalue weighted by Gasteiger charge is 2.18. The van der Waals surface area contributed by atoms with Gasteiger partial charge < -0.3 is 14.5 Å². The number of benzene rings is 2. The van der Waals surface area contributed by atoms with Gasteiger partial charge in [0.15, 0.2) is 6.10 Å². The average Bonchev–Trinajstić information content (AvgIpc) is 2.96. The lowest BCUT2D eigenvalue weighted by molar-refractivity contribution is -0.151. The largest absolute Gasteiger partial charge is 0.477 e. The summed E-state index contributed by atoms with van der Waals surface area (Å²) >= 11 is 11.9. The zero-order valence-corrected chi connectivity index (χ0v) is 16.1. The summed E-state index contributed by atoms with van der Waals surface area (Å²) < 4.78 is 12.4. The van der Waals surface area contributed by atoms with Gasteiger partial charge in [0.05, 0.1) is 22.7 Å². The van der Waals surface area contributed by atoms with Crippen molar-refractivity contribution in [3.63, 3.8) is 0 Å². The van der Waals surface area contributed by atoms with E-state index in [9.17, 15) is 9.59 Å². The van der Waals surface area contributed by atoms with E-state index in [1.807, 2.05) is 24.3 Å². The Bertz CT molecular complexity index is 1010. The van der Waals surface area contributed by atoms with E-state index in [1.165, 1.54) is 6.07 Å². The molecule has 2 aromatic carbocycles. The van der Waals surface area contributed by atoms with Gasteiger partial charge in [-0.1, -0.05) is 35.3 Å². The second-order valence-electron chi connectivity index (χ2n) is 5.95. The number of aromatic amines is 1. The Kier molecular flexibility index (Phi) is 6.08. The van der Waals surface area contributed by atoms with Gasteiger partial charge in [-0.2, -0.15) is 0 Å². The second kappa shape index (κ2) is 8.50. The summed E-state index contributed by atoms with van der Waals surface area (Å²) in [7, 11) is 0. The van der Waals surface area contributed by atoms with Crippen LogP contribution in [0.25, 0.3) is 11.0 Å². The fraction of sp³-hybridized carbons (Fsp3) is 0.263. The Hall–Kier alpha value is -2.44. The van der Waals surface area contributed by atoms with Crippen molar-refractivity contribution in [2.24, 2.45) is 0 Å². The number of aryl methyl sites for hydroxylation is 1. The van der Waals surface area contributed by atoms with E-state index >= 15 is 0 Å². The van der Waals surface area contributed by atoms with Crippen LogP contribution < -0.4 is 10.4 Å². The number of H-pyrrole nitrogens is 1. The molecule has 0 fully saturated rings. The fourth-order valence-electron chi connectivity index (χ4n) is 2.65. The Labute approximate surface area is 165 Å². The smallest absolute Gasteiger partial charge is 0.347 e. The monoisotopic (exact) mass is 408 g/mol. The highest BCUT2D eigenvalue weighted by molar-refractivity contribution is 6.35. The molecular formula is C19H18Cl2N2O4. The van der Waals surface area contributed by atoms with Crippen LogP contribution in [0, 0.1) is 0 Å². The van der Waals surface area contributed by atoms with Crippen molar-refractivity contribution in [3.8, 4) is 5.75 Å². The number of nitrogens with zero attached hydrogens (tertiary/aromatic N) is 1. The topological polar surface area (TPSA) is 73.3 Å². The number of esters is 1. The summed E-state index contributed by atoms with van der Waals surface area (Å²) in [6, 6.07) is 12.2. The van der Waals surface area contributed by atoms with Crippen molar-refractivity contribution in [1.82, 2.24) is 9.55 Å². The van der Waals surface area contributed by atoms with Crippen molar-refractivity contribution >= 4 is 40.2 Å². The highest BCUT2D eigenvalue weighted by Crippen LogP contribution is 2.28. The molecule has 1 aromatic heterocycles. The van der Waals surface area contributed by atoms with Crippen LogP contribution in [0.15, 0.2) is 47.3 Å². The third kappa shape index (κ3) is 4.64. The molecule has 1 N–H and O–H groups in total. The van der Waals surface area contributed by atoms with Gasteiger partial charge in [-0.25, -0.2) is 9.59 Å². The molecule has 1 atom stereocenters. The van der Waals surface area contributed by atoms with Gasteiger partial charge in [-0.3, -0.25) is 4.57 Å². The van der Waals surface area contributed by atoms with Gasteiger partial charge in [0, 0.05) is 11.6 Å². The number of imidazole rings is 1. The van der Waals surface area contributed by atoms with Crippen LogP contribution in [-0.2, 0) is 16.1 Å². The summed E-state index contributed by atoms with van der Waals surface area (Å²) in [5, 5.41) is 0.802. The first-order valence-electron chi connectivity index (χ1n) is 8.41. The molecule has 3 rings (SSSR count). The lowest BCUT2D eigenvalue weighted by Gasteiger charge is -2.15. The summed E-state index contributed by atoms with van der Waals surface area (Å²) in [4.78, 5) is 26.9. The lowest BCUT2D eigenvalue weighted by Crippen LogP contribution is -2.27. The normalized spacial score (nSPS) is 12.1. The van der Waals surface area contributed by atoms with E-state index < -0.39 is 12.1 Å². The van der Waals surface area contributed by atoms with Crippen molar-refractivity contribution in [2.75, 3.05) is 6.61 Å². The van der Waals surface area contributed by atoms with Gasteiger partial charge in [0.25, 0.3) is 0 Å². The van der Waals surface area contributed by atoms with Crippen LogP contribution in [0.3, 0.4) is 0 Å². The number of ether oxygens (including phenoxy) is 2. The number of hydrogen-bond donors (Lipinski definition) is 1. The molecule has 0 amide bonds. The van der Waals surface area contributed by atoms with Crippen molar-refractivity contribution < 1.29 is 14.3 Å². The molecule has 1 heterocycles. The summed E-state index contributed by atoms with van der Waals surface area (Å²) in [5.74, 6) is -0.150. The first kappa shape index (κ1) is 19.3. The van der Waals surface area contributed by atoms with E-state index in [0.29, 0.717) is 28.8 Å². The van der Waals surface area contributed by atoms with Crippen LogP contribution in [-0.4, -0.2) is 28.2 Å². The predicted molar refractivity (Wildman–Crippen MR) is 105 cm³/mol. The molecule has 6 nitrogen and oxygen atoms in total. The number of fused-ring (bicyclic) bond motifs is 1. The molecule has 0 radical (unpaired) electrons.